The number of nitrogens with zero attached hydrogens (tertiary/aromatic N) is 2. The lowest BCUT2D eigenvalue weighted by atomic mass is 10.1. The van der Waals surface area contributed by atoms with E-state index in [0.29, 0.717) is 0 Å². The summed E-state index contributed by atoms with van der Waals surface area (Å²) in [7, 11) is 0. The van der Waals surface area contributed by atoms with Gasteiger partial charge in [-0.25, -0.2) is 4.98 Å². The average molecular weight is 379 g/mol. The van der Waals surface area contributed by atoms with Gasteiger partial charge in [0.25, 0.3) is 0 Å². The lowest BCUT2D eigenvalue weighted by Gasteiger charge is -2.15. The Labute approximate surface area is 168 Å². The maximum absolute atomic E-state index is 5.95. The number of rotatable bonds is 3. The summed E-state index contributed by atoms with van der Waals surface area (Å²) >= 11 is 5.95. The second kappa shape index (κ2) is 7.02. The SMILES string of the molecule is S=c1c(-c2ccc3ccccc3n2)cc2ccccc2n1Cc1ccccc1. The molecule has 0 aliphatic carbocycles. The Bertz CT molecular complexity index is 1350. The van der Waals surface area contributed by atoms with Gasteiger partial charge in [-0.1, -0.05) is 85.0 Å². The number of para-hydroxylation sites is 2. The highest BCUT2D eigenvalue weighted by atomic mass is 32.1. The number of benzene rings is 3. The predicted molar refractivity (Wildman–Crippen MR) is 119 cm³/mol. The van der Waals surface area contributed by atoms with E-state index in [9.17, 15) is 0 Å². The van der Waals surface area contributed by atoms with E-state index >= 15 is 0 Å². The predicted octanol–water partition coefficient (Wildman–Crippen LogP) is 6.63. The first-order valence-electron chi connectivity index (χ1n) is 9.32. The van der Waals surface area contributed by atoms with E-state index in [1.807, 2.05) is 24.3 Å². The minimum Gasteiger partial charge on any atom is -0.327 e. The van der Waals surface area contributed by atoms with Crippen LogP contribution in [0.25, 0.3) is 33.1 Å². The van der Waals surface area contributed by atoms with Gasteiger partial charge in [0.2, 0.25) is 0 Å². The summed E-state index contributed by atoms with van der Waals surface area (Å²) in [6, 6.07) is 33.4. The van der Waals surface area contributed by atoms with Crippen LogP contribution in [0.5, 0.6) is 0 Å². The van der Waals surface area contributed by atoms with Gasteiger partial charge >= 0.3 is 0 Å². The lowest BCUT2D eigenvalue weighted by molar-refractivity contribution is 0.816. The molecule has 0 saturated carbocycles. The van der Waals surface area contributed by atoms with Gasteiger partial charge in [-0.15, -0.1) is 0 Å². The summed E-state index contributed by atoms with van der Waals surface area (Å²) in [5.74, 6) is 0. The van der Waals surface area contributed by atoms with Crippen molar-refractivity contribution < 1.29 is 0 Å². The quantitative estimate of drug-likeness (QED) is 0.328. The molecule has 0 unspecified atom stereocenters. The van der Waals surface area contributed by atoms with Crippen molar-refractivity contribution in [2.75, 3.05) is 0 Å². The smallest absolute Gasteiger partial charge is 0.116 e. The summed E-state index contributed by atoms with van der Waals surface area (Å²) in [5, 5.41) is 2.30. The van der Waals surface area contributed by atoms with Crippen LogP contribution in [0, 0.1) is 4.64 Å². The van der Waals surface area contributed by atoms with Crippen LogP contribution in [0.1, 0.15) is 5.56 Å². The third-order valence-corrected chi connectivity index (χ3v) is 5.50. The van der Waals surface area contributed by atoms with Crippen LogP contribution >= 0.6 is 12.2 Å². The van der Waals surface area contributed by atoms with E-state index in [2.05, 4.69) is 77.4 Å². The largest absolute Gasteiger partial charge is 0.327 e. The van der Waals surface area contributed by atoms with Gasteiger partial charge in [-0.05, 0) is 35.2 Å². The summed E-state index contributed by atoms with van der Waals surface area (Å²) in [6.07, 6.45) is 0. The summed E-state index contributed by atoms with van der Waals surface area (Å²) in [4.78, 5) is 4.88. The molecule has 3 heteroatoms. The van der Waals surface area contributed by atoms with Gasteiger partial charge in [0.15, 0.2) is 0 Å². The molecule has 0 saturated heterocycles. The first-order chi connectivity index (χ1) is 13.8. The van der Waals surface area contributed by atoms with Crippen LogP contribution in [0.15, 0.2) is 97.1 Å². The molecule has 0 amide bonds. The fourth-order valence-corrected chi connectivity index (χ4v) is 3.98. The van der Waals surface area contributed by atoms with Crippen molar-refractivity contribution in [1.29, 1.82) is 0 Å². The Morgan fingerprint density at radius 1 is 0.714 bits per heavy atom. The lowest BCUT2D eigenvalue weighted by Crippen LogP contribution is -2.05. The van der Waals surface area contributed by atoms with Crippen molar-refractivity contribution in [3.8, 4) is 11.3 Å². The maximum atomic E-state index is 5.95. The molecule has 0 spiro atoms. The summed E-state index contributed by atoms with van der Waals surface area (Å²) < 4.78 is 3.02. The topological polar surface area (TPSA) is 17.8 Å². The van der Waals surface area contributed by atoms with Crippen molar-refractivity contribution in [3.63, 3.8) is 0 Å². The highest BCUT2D eigenvalue weighted by Gasteiger charge is 2.10. The van der Waals surface area contributed by atoms with Gasteiger partial charge < -0.3 is 4.57 Å². The third-order valence-electron chi connectivity index (χ3n) is 5.06. The second-order valence-corrected chi connectivity index (χ2v) is 7.27. The number of fused-ring (bicyclic) bond motifs is 2. The average Bonchev–Trinajstić information content (AvgIpc) is 2.76. The first-order valence-corrected chi connectivity index (χ1v) is 9.73. The molecule has 0 aliphatic rings. The number of hydrogen-bond acceptors (Lipinski definition) is 2. The molecule has 0 bridgehead atoms. The van der Waals surface area contributed by atoms with Crippen LogP contribution in [0.3, 0.4) is 0 Å². The van der Waals surface area contributed by atoms with Crippen molar-refractivity contribution in [1.82, 2.24) is 9.55 Å². The Hall–Kier alpha value is -3.30. The van der Waals surface area contributed by atoms with E-state index in [-0.39, 0.29) is 0 Å². The fourth-order valence-electron chi connectivity index (χ4n) is 3.65. The van der Waals surface area contributed by atoms with Crippen LogP contribution in [0.4, 0.5) is 0 Å². The van der Waals surface area contributed by atoms with Crippen LogP contribution in [-0.4, -0.2) is 9.55 Å². The molecule has 134 valence electrons. The first kappa shape index (κ1) is 16.8. The summed E-state index contributed by atoms with van der Waals surface area (Å²) in [6.45, 7) is 0.738. The molecule has 2 nitrogen and oxygen atoms in total. The normalized spacial score (nSPS) is 11.1. The fraction of sp³-hybridized carbons (Fsp3) is 0.0400. The molecule has 3 aromatic carbocycles. The number of pyridine rings is 2. The van der Waals surface area contributed by atoms with Gasteiger partial charge in [-0.2, -0.15) is 0 Å². The van der Waals surface area contributed by atoms with Crippen molar-refractivity contribution >= 4 is 34.0 Å². The van der Waals surface area contributed by atoms with Gasteiger partial charge in [-0.3, -0.25) is 0 Å². The Morgan fingerprint density at radius 2 is 1.43 bits per heavy atom. The highest BCUT2D eigenvalue weighted by molar-refractivity contribution is 7.71. The molecule has 0 fully saturated rings. The van der Waals surface area contributed by atoms with E-state index in [1.165, 1.54) is 5.56 Å². The van der Waals surface area contributed by atoms with Gasteiger partial charge in [0.05, 0.1) is 11.2 Å². The standard InChI is InChI=1S/C25H18N2S/c28-25-21(23-15-14-19-10-4-6-12-22(19)26-23)16-20-11-5-7-13-24(20)27(25)17-18-8-2-1-3-9-18/h1-16H,17H2. The van der Waals surface area contributed by atoms with E-state index in [1.54, 1.807) is 0 Å². The van der Waals surface area contributed by atoms with E-state index in [4.69, 9.17) is 17.2 Å². The van der Waals surface area contributed by atoms with E-state index < -0.39 is 0 Å². The van der Waals surface area contributed by atoms with E-state index in [0.717, 1.165) is 44.2 Å². The molecule has 0 atom stereocenters. The molecule has 5 aromatic rings. The molecule has 0 N–H and O–H groups in total. The Morgan fingerprint density at radius 3 is 2.29 bits per heavy atom. The van der Waals surface area contributed by atoms with Gasteiger partial charge in [0.1, 0.15) is 4.64 Å². The number of aromatic nitrogens is 2. The van der Waals surface area contributed by atoms with Crippen LogP contribution in [-0.2, 0) is 6.54 Å². The molecule has 5 rings (SSSR count). The zero-order valence-electron chi connectivity index (χ0n) is 15.2. The maximum Gasteiger partial charge on any atom is 0.116 e. The summed E-state index contributed by atoms with van der Waals surface area (Å²) in [5.41, 5.74) is 5.26. The second-order valence-electron chi connectivity index (χ2n) is 6.88. The molecule has 0 aliphatic heterocycles. The van der Waals surface area contributed by atoms with Crippen molar-refractivity contribution in [3.05, 3.63) is 107 Å². The van der Waals surface area contributed by atoms with Crippen LogP contribution < -0.4 is 0 Å². The molecule has 2 heterocycles. The zero-order valence-corrected chi connectivity index (χ0v) is 16.1. The minimum atomic E-state index is 0.738. The van der Waals surface area contributed by atoms with Crippen molar-refractivity contribution in [2.45, 2.75) is 6.54 Å². The van der Waals surface area contributed by atoms with Crippen LogP contribution in [0.2, 0.25) is 0 Å². The Kier molecular flexibility index (Phi) is 4.22. The zero-order chi connectivity index (χ0) is 18.9. The molecular weight excluding hydrogens is 360 g/mol. The number of hydrogen-bond donors (Lipinski definition) is 0. The monoisotopic (exact) mass is 378 g/mol. The molecular formula is C25H18N2S. The highest BCUT2D eigenvalue weighted by Crippen LogP contribution is 2.27. The minimum absolute atomic E-state index is 0.738. The molecule has 28 heavy (non-hydrogen) atoms. The van der Waals surface area contributed by atoms with Crippen molar-refractivity contribution in [2.24, 2.45) is 0 Å². The molecule has 0 radical (unpaired) electrons. The van der Waals surface area contributed by atoms with Gasteiger partial charge in [0, 0.05) is 23.0 Å². The third kappa shape index (κ3) is 3.00. The molecule has 2 aromatic heterocycles. The Balaban J connectivity index is 1.75.